The quantitative estimate of drug-likeness (QED) is 0.449. The van der Waals surface area contributed by atoms with Crippen molar-refractivity contribution in [1.29, 1.82) is 0 Å². The summed E-state index contributed by atoms with van der Waals surface area (Å²) in [6, 6.07) is 0. The molecule has 0 saturated carbocycles. The van der Waals surface area contributed by atoms with Crippen LogP contribution in [0.15, 0.2) is 22.7 Å². The van der Waals surface area contributed by atoms with Crippen molar-refractivity contribution in [3.63, 3.8) is 0 Å². The van der Waals surface area contributed by atoms with Crippen molar-refractivity contribution in [3.05, 3.63) is 22.7 Å². The molecule has 0 amide bonds. The van der Waals surface area contributed by atoms with Crippen molar-refractivity contribution in [2.75, 3.05) is 0 Å². The van der Waals surface area contributed by atoms with Gasteiger partial charge in [-0.1, -0.05) is 13.8 Å². The summed E-state index contributed by atoms with van der Waals surface area (Å²) in [5.74, 6) is 5.33. The summed E-state index contributed by atoms with van der Waals surface area (Å²) in [6.07, 6.45) is 1.44. The molecule has 0 aliphatic heterocycles. The highest BCUT2D eigenvalue weighted by molar-refractivity contribution is 5.69. The number of hydrogen-bond donors (Lipinski definition) is 0. The first-order valence-electron chi connectivity index (χ1n) is 6.60. The Balaban J connectivity index is 5.50. The van der Waals surface area contributed by atoms with Gasteiger partial charge in [0.05, 0.1) is 0 Å². The second-order valence-electron chi connectivity index (χ2n) is 4.36. The zero-order valence-electron chi connectivity index (χ0n) is 13.0. The van der Waals surface area contributed by atoms with E-state index in [1.165, 1.54) is 13.8 Å². The first-order valence-corrected chi connectivity index (χ1v) is 6.60. The van der Waals surface area contributed by atoms with E-state index < -0.39 is 11.9 Å². The van der Waals surface area contributed by atoms with Crippen LogP contribution in [0.5, 0.6) is 0 Å². The van der Waals surface area contributed by atoms with Crippen molar-refractivity contribution in [2.24, 2.45) is 0 Å². The molecule has 0 aromatic heterocycles. The third-order valence-electron chi connectivity index (χ3n) is 2.62. The van der Waals surface area contributed by atoms with Crippen molar-refractivity contribution >= 4 is 11.9 Å². The number of esters is 2. The molecule has 0 aliphatic carbocycles. The van der Waals surface area contributed by atoms with Crippen LogP contribution in [0.4, 0.5) is 0 Å². The molecule has 110 valence electrons. The van der Waals surface area contributed by atoms with E-state index in [0.29, 0.717) is 11.5 Å². The summed E-state index contributed by atoms with van der Waals surface area (Å²) in [4.78, 5) is 22.1. The smallest absolute Gasteiger partial charge is 0.308 e. The van der Waals surface area contributed by atoms with Crippen molar-refractivity contribution < 1.29 is 19.1 Å². The maximum atomic E-state index is 11.1. The minimum atomic E-state index is -0.424. The Morgan fingerprint density at radius 3 is 1.25 bits per heavy atom. The number of hydrogen-bond acceptors (Lipinski definition) is 4. The number of rotatable bonds is 4. The standard InChI is InChI=1S/C16H22O4/c1-7-11(3)15(19-13(5)17)9-10-16(12(4)8-2)20-14(6)18/h7-8H2,1-6H3/b15-11-,16-12+. The van der Waals surface area contributed by atoms with Crippen LogP contribution in [0.25, 0.3) is 0 Å². The van der Waals surface area contributed by atoms with Crippen LogP contribution in [-0.2, 0) is 19.1 Å². The molecular weight excluding hydrogens is 256 g/mol. The van der Waals surface area contributed by atoms with Crippen LogP contribution in [0.3, 0.4) is 0 Å². The van der Waals surface area contributed by atoms with Gasteiger partial charge in [0.15, 0.2) is 11.5 Å². The Morgan fingerprint density at radius 2 is 1.05 bits per heavy atom. The Labute approximate surface area is 120 Å². The fourth-order valence-electron chi connectivity index (χ4n) is 1.16. The van der Waals surface area contributed by atoms with Gasteiger partial charge in [-0.15, -0.1) is 0 Å². The van der Waals surface area contributed by atoms with Gasteiger partial charge in [0, 0.05) is 13.8 Å². The molecule has 4 nitrogen and oxygen atoms in total. The van der Waals surface area contributed by atoms with Gasteiger partial charge in [-0.3, -0.25) is 9.59 Å². The Hall–Kier alpha value is -2.02. The SMILES string of the molecule is CC/C(C)=C(/C#C/C(OC(C)=O)=C(/C)CC)OC(C)=O. The number of carbonyl (C=O) groups excluding carboxylic acids is 2. The second kappa shape index (κ2) is 8.98. The Kier molecular flexibility index (Phi) is 8.07. The molecule has 0 bridgehead atoms. The molecule has 0 spiro atoms. The average molecular weight is 278 g/mol. The van der Waals surface area contributed by atoms with E-state index in [0.717, 1.165) is 24.0 Å². The third-order valence-corrected chi connectivity index (χ3v) is 2.62. The fourth-order valence-corrected chi connectivity index (χ4v) is 1.16. The van der Waals surface area contributed by atoms with Gasteiger partial charge >= 0.3 is 11.9 Å². The van der Waals surface area contributed by atoms with Crippen LogP contribution >= 0.6 is 0 Å². The predicted molar refractivity (Wildman–Crippen MR) is 77.3 cm³/mol. The lowest BCUT2D eigenvalue weighted by Crippen LogP contribution is -2.02. The molecule has 0 heterocycles. The maximum Gasteiger partial charge on any atom is 0.308 e. The molecule has 0 saturated heterocycles. The molecule has 0 atom stereocenters. The molecular formula is C16H22O4. The zero-order valence-corrected chi connectivity index (χ0v) is 13.0. The van der Waals surface area contributed by atoms with Crippen LogP contribution in [0.2, 0.25) is 0 Å². The van der Waals surface area contributed by atoms with Crippen LogP contribution in [0.1, 0.15) is 54.4 Å². The molecule has 0 rings (SSSR count). The summed E-state index contributed by atoms with van der Waals surface area (Å²) in [5, 5.41) is 0. The van der Waals surface area contributed by atoms with E-state index in [-0.39, 0.29) is 0 Å². The van der Waals surface area contributed by atoms with Gasteiger partial charge in [0.1, 0.15) is 0 Å². The first kappa shape index (κ1) is 18.0. The summed E-state index contributed by atoms with van der Waals surface area (Å²) < 4.78 is 10.2. The monoisotopic (exact) mass is 278 g/mol. The largest absolute Gasteiger partial charge is 0.417 e. The van der Waals surface area contributed by atoms with Crippen LogP contribution < -0.4 is 0 Å². The molecule has 4 heteroatoms. The number of carbonyl (C=O) groups is 2. The maximum absolute atomic E-state index is 11.1. The minimum absolute atomic E-state index is 0.313. The van der Waals surface area contributed by atoms with Crippen molar-refractivity contribution in [1.82, 2.24) is 0 Å². The van der Waals surface area contributed by atoms with E-state index in [9.17, 15) is 9.59 Å². The van der Waals surface area contributed by atoms with E-state index in [1.54, 1.807) is 0 Å². The third kappa shape index (κ3) is 6.79. The molecule has 0 aromatic rings. The molecule has 0 aromatic carbocycles. The van der Waals surface area contributed by atoms with Gasteiger partial charge in [0.25, 0.3) is 0 Å². The number of allylic oxidation sites excluding steroid dienone is 4. The molecule has 0 radical (unpaired) electrons. The summed E-state index contributed by atoms with van der Waals surface area (Å²) in [7, 11) is 0. The lowest BCUT2D eigenvalue weighted by molar-refractivity contribution is -0.137. The van der Waals surface area contributed by atoms with E-state index in [1.807, 2.05) is 27.7 Å². The molecule has 0 unspecified atom stereocenters. The fraction of sp³-hybridized carbons (Fsp3) is 0.500. The van der Waals surface area contributed by atoms with Gasteiger partial charge in [-0.05, 0) is 49.7 Å². The van der Waals surface area contributed by atoms with Gasteiger partial charge in [0.2, 0.25) is 0 Å². The Bertz CT molecular complexity index is 454. The highest BCUT2D eigenvalue weighted by Crippen LogP contribution is 2.12. The van der Waals surface area contributed by atoms with Crippen molar-refractivity contribution in [2.45, 2.75) is 54.4 Å². The van der Waals surface area contributed by atoms with Crippen LogP contribution in [-0.4, -0.2) is 11.9 Å². The topological polar surface area (TPSA) is 52.6 Å². The predicted octanol–water partition coefficient (Wildman–Crippen LogP) is 3.48. The van der Waals surface area contributed by atoms with Gasteiger partial charge < -0.3 is 9.47 Å². The highest BCUT2D eigenvalue weighted by Gasteiger charge is 2.06. The molecule has 0 fully saturated rings. The van der Waals surface area contributed by atoms with Crippen LogP contribution in [0, 0.1) is 11.8 Å². The Morgan fingerprint density at radius 1 is 0.750 bits per heavy atom. The van der Waals surface area contributed by atoms with Gasteiger partial charge in [-0.25, -0.2) is 0 Å². The molecule has 20 heavy (non-hydrogen) atoms. The first-order chi connectivity index (χ1) is 9.31. The average Bonchev–Trinajstić information content (AvgIpc) is 2.39. The summed E-state index contributed by atoms with van der Waals surface area (Å²) in [5.41, 5.74) is 1.73. The highest BCUT2D eigenvalue weighted by atomic mass is 16.5. The zero-order chi connectivity index (χ0) is 15.7. The normalized spacial score (nSPS) is 12.5. The lowest BCUT2D eigenvalue weighted by Gasteiger charge is -2.05. The molecule has 0 aliphatic rings. The van der Waals surface area contributed by atoms with Crippen molar-refractivity contribution in [3.8, 4) is 11.8 Å². The second-order valence-corrected chi connectivity index (χ2v) is 4.36. The number of ether oxygens (including phenoxy) is 2. The van der Waals surface area contributed by atoms with E-state index >= 15 is 0 Å². The van der Waals surface area contributed by atoms with E-state index in [4.69, 9.17) is 9.47 Å². The minimum Gasteiger partial charge on any atom is -0.417 e. The van der Waals surface area contributed by atoms with Gasteiger partial charge in [-0.2, -0.15) is 0 Å². The molecule has 0 N–H and O–H groups in total. The summed E-state index contributed by atoms with van der Waals surface area (Å²) in [6.45, 7) is 10.2. The lowest BCUT2D eigenvalue weighted by atomic mass is 10.2. The van der Waals surface area contributed by atoms with E-state index in [2.05, 4.69) is 11.8 Å². The summed E-state index contributed by atoms with van der Waals surface area (Å²) >= 11 is 0.